The summed E-state index contributed by atoms with van der Waals surface area (Å²) in [7, 11) is 0. The van der Waals surface area contributed by atoms with Crippen LogP contribution in [0.2, 0.25) is 5.02 Å². The number of anilines is 1. The zero-order valence-corrected chi connectivity index (χ0v) is 11.5. The summed E-state index contributed by atoms with van der Waals surface area (Å²) in [5.74, 6) is 0. The van der Waals surface area contributed by atoms with Crippen molar-refractivity contribution in [2.75, 3.05) is 5.32 Å². The molecule has 0 fully saturated rings. The van der Waals surface area contributed by atoms with Crippen molar-refractivity contribution in [1.29, 1.82) is 0 Å². The third-order valence-electron chi connectivity index (χ3n) is 3.07. The molecule has 1 nitrogen and oxygen atoms in total. The number of hydrogen-bond acceptors (Lipinski definition) is 1. The lowest BCUT2D eigenvalue weighted by atomic mass is 10.0. The van der Waals surface area contributed by atoms with Gasteiger partial charge in [0.2, 0.25) is 0 Å². The van der Waals surface area contributed by atoms with Crippen LogP contribution in [0.25, 0.3) is 0 Å². The van der Waals surface area contributed by atoms with Gasteiger partial charge in [-0.05, 0) is 43.2 Å². The molecule has 18 heavy (non-hydrogen) atoms. The van der Waals surface area contributed by atoms with Crippen molar-refractivity contribution in [1.82, 2.24) is 0 Å². The van der Waals surface area contributed by atoms with Gasteiger partial charge in [-0.3, -0.25) is 0 Å². The molecule has 0 radical (unpaired) electrons. The molecule has 0 heterocycles. The summed E-state index contributed by atoms with van der Waals surface area (Å²) in [6, 6.07) is 16.8. The average Bonchev–Trinajstić information content (AvgIpc) is 2.39. The fourth-order valence-corrected chi connectivity index (χ4v) is 2.09. The number of benzene rings is 2. The van der Waals surface area contributed by atoms with E-state index in [-0.39, 0.29) is 0 Å². The van der Waals surface area contributed by atoms with E-state index < -0.39 is 0 Å². The first-order valence-electron chi connectivity index (χ1n) is 6.27. The van der Waals surface area contributed by atoms with E-state index in [9.17, 15) is 0 Å². The fraction of sp³-hybridized carbons (Fsp3) is 0.250. The molecule has 0 bridgehead atoms. The minimum absolute atomic E-state index is 0.324. The molecule has 0 aliphatic carbocycles. The molecule has 0 amide bonds. The topological polar surface area (TPSA) is 12.0 Å². The Balaban J connectivity index is 2.14. The molecule has 1 atom stereocenters. The van der Waals surface area contributed by atoms with Gasteiger partial charge in [-0.15, -0.1) is 0 Å². The molecule has 0 aliphatic rings. The standard InChI is InChI=1S/C16H18ClN/c1-3-16(13-6-8-14(17)9-7-13)18-15-10-4-12(2)5-11-15/h4-11,16,18H,3H2,1-2H3. The fourth-order valence-electron chi connectivity index (χ4n) is 1.97. The third-order valence-corrected chi connectivity index (χ3v) is 3.33. The van der Waals surface area contributed by atoms with Crippen LogP contribution in [0.3, 0.4) is 0 Å². The maximum Gasteiger partial charge on any atom is 0.0511 e. The Morgan fingerprint density at radius 2 is 1.61 bits per heavy atom. The maximum absolute atomic E-state index is 5.92. The molecule has 0 spiro atoms. The molecule has 0 aromatic heterocycles. The summed E-state index contributed by atoms with van der Waals surface area (Å²) in [5.41, 5.74) is 3.70. The highest BCUT2D eigenvalue weighted by atomic mass is 35.5. The normalized spacial score (nSPS) is 12.2. The van der Waals surface area contributed by atoms with Crippen molar-refractivity contribution in [3.8, 4) is 0 Å². The highest BCUT2D eigenvalue weighted by Crippen LogP contribution is 2.24. The third kappa shape index (κ3) is 3.27. The SMILES string of the molecule is CCC(Nc1ccc(C)cc1)c1ccc(Cl)cc1. The van der Waals surface area contributed by atoms with Gasteiger partial charge >= 0.3 is 0 Å². The first kappa shape index (κ1) is 13.0. The van der Waals surface area contributed by atoms with Gasteiger partial charge in [0.15, 0.2) is 0 Å². The van der Waals surface area contributed by atoms with Crippen LogP contribution in [-0.4, -0.2) is 0 Å². The summed E-state index contributed by atoms with van der Waals surface area (Å²) >= 11 is 5.92. The molecule has 2 aromatic carbocycles. The summed E-state index contributed by atoms with van der Waals surface area (Å²) in [4.78, 5) is 0. The van der Waals surface area contributed by atoms with Crippen LogP contribution in [0.5, 0.6) is 0 Å². The summed E-state index contributed by atoms with van der Waals surface area (Å²) in [5, 5.41) is 4.33. The van der Waals surface area contributed by atoms with Crippen molar-refractivity contribution >= 4 is 17.3 Å². The lowest BCUT2D eigenvalue weighted by Crippen LogP contribution is -2.09. The van der Waals surface area contributed by atoms with Crippen LogP contribution in [-0.2, 0) is 0 Å². The van der Waals surface area contributed by atoms with Gasteiger partial charge in [-0.2, -0.15) is 0 Å². The Morgan fingerprint density at radius 1 is 1.00 bits per heavy atom. The van der Waals surface area contributed by atoms with Gasteiger partial charge in [0, 0.05) is 10.7 Å². The van der Waals surface area contributed by atoms with Crippen LogP contribution in [0.1, 0.15) is 30.5 Å². The second-order valence-electron chi connectivity index (χ2n) is 4.52. The van der Waals surface area contributed by atoms with Crippen LogP contribution < -0.4 is 5.32 Å². The van der Waals surface area contributed by atoms with E-state index in [1.54, 1.807) is 0 Å². The van der Waals surface area contributed by atoms with Gasteiger partial charge in [0.25, 0.3) is 0 Å². The predicted octanol–water partition coefficient (Wildman–Crippen LogP) is 5.21. The smallest absolute Gasteiger partial charge is 0.0511 e. The van der Waals surface area contributed by atoms with E-state index in [1.165, 1.54) is 11.1 Å². The van der Waals surface area contributed by atoms with Crippen LogP contribution in [0, 0.1) is 6.92 Å². The van der Waals surface area contributed by atoms with Gasteiger partial charge in [0.1, 0.15) is 0 Å². The molecule has 2 heteroatoms. The number of aryl methyl sites for hydroxylation is 1. The van der Waals surface area contributed by atoms with Gasteiger partial charge in [-0.1, -0.05) is 48.4 Å². The zero-order valence-electron chi connectivity index (χ0n) is 10.8. The van der Waals surface area contributed by atoms with Gasteiger partial charge in [-0.25, -0.2) is 0 Å². The molecule has 94 valence electrons. The van der Waals surface area contributed by atoms with E-state index in [4.69, 9.17) is 11.6 Å². The summed E-state index contributed by atoms with van der Waals surface area (Å²) < 4.78 is 0. The van der Waals surface area contributed by atoms with E-state index in [1.807, 2.05) is 12.1 Å². The van der Waals surface area contributed by atoms with Crippen LogP contribution in [0.15, 0.2) is 48.5 Å². The van der Waals surface area contributed by atoms with E-state index in [0.717, 1.165) is 17.1 Å². The second kappa shape index (κ2) is 5.92. The molecular formula is C16H18ClN. The zero-order chi connectivity index (χ0) is 13.0. The van der Waals surface area contributed by atoms with Crippen molar-refractivity contribution in [3.05, 3.63) is 64.7 Å². The molecule has 0 saturated heterocycles. The number of rotatable bonds is 4. The molecule has 1 N–H and O–H groups in total. The van der Waals surface area contributed by atoms with E-state index in [2.05, 4.69) is 55.6 Å². The number of halogens is 1. The summed E-state index contributed by atoms with van der Waals surface area (Å²) in [6.07, 6.45) is 1.04. The Kier molecular flexibility index (Phi) is 4.27. The quantitative estimate of drug-likeness (QED) is 0.795. The van der Waals surface area contributed by atoms with Gasteiger partial charge < -0.3 is 5.32 Å². The Bertz CT molecular complexity index is 488. The van der Waals surface area contributed by atoms with Crippen LogP contribution >= 0.6 is 11.6 Å². The second-order valence-corrected chi connectivity index (χ2v) is 4.96. The van der Waals surface area contributed by atoms with Crippen molar-refractivity contribution < 1.29 is 0 Å². The Labute approximate surface area is 114 Å². The molecule has 0 saturated carbocycles. The molecule has 0 aliphatic heterocycles. The van der Waals surface area contributed by atoms with E-state index >= 15 is 0 Å². The maximum atomic E-state index is 5.92. The lowest BCUT2D eigenvalue weighted by Gasteiger charge is -2.19. The lowest BCUT2D eigenvalue weighted by molar-refractivity contribution is 0.749. The average molecular weight is 260 g/mol. The summed E-state index contributed by atoms with van der Waals surface area (Å²) in [6.45, 7) is 4.28. The molecular weight excluding hydrogens is 242 g/mol. The van der Waals surface area contributed by atoms with Gasteiger partial charge in [0.05, 0.1) is 6.04 Å². The van der Waals surface area contributed by atoms with Crippen molar-refractivity contribution in [2.45, 2.75) is 26.3 Å². The predicted molar refractivity (Wildman–Crippen MR) is 79.3 cm³/mol. The Hall–Kier alpha value is -1.47. The van der Waals surface area contributed by atoms with Crippen molar-refractivity contribution in [2.24, 2.45) is 0 Å². The Morgan fingerprint density at radius 3 is 2.17 bits per heavy atom. The van der Waals surface area contributed by atoms with Crippen LogP contribution in [0.4, 0.5) is 5.69 Å². The molecule has 2 rings (SSSR count). The highest BCUT2D eigenvalue weighted by Gasteiger charge is 2.08. The van der Waals surface area contributed by atoms with Crippen molar-refractivity contribution in [3.63, 3.8) is 0 Å². The minimum atomic E-state index is 0.324. The first-order valence-corrected chi connectivity index (χ1v) is 6.65. The monoisotopic (exact) mass is 259 g/mol. The number of hydrogen-bond donors (Lipinski definition) is 1. The highest BCUT2D eigenvalue weighted by molar-refractivity contribution is 6.30. The minimum Gasteiger partial charge on any atom is -0.378 e. The molecule has 1 unspecified atom stereocenters. The molecule has 2 aromatic rings. The van der Waals surface area contributed by atoms with E-state index in [0.29, 0.717) is 6.04 Å². The largest absolute Gasteiger partial charge is 0.378 e. The number of nitrogens with one attached hydrogen (secondary N) is 1. The first-order chi connectivity index (χ1) is 8.69.